The Morgan fingerprint density at radius 1 is 1.24 bits per heavy atom. The Morgan fingerprint density at radius 3 is 2.43 bits per heavy atom. The van der Waals surface area contributed by atoms with Crippen molar-refractivity contribution in [1.29, 1.82) is 0 Å². The highest BCUT2D eigenvalue weighted by molar-refractivity contribution is 5.90. The van der Waals surface area contributed by atoms with Crippen molar-refractivity contribution in [2.24, 2.45) is 11.8 Å². The molecule has 2 heteroatoms. The quantitative estimate of drug-likeness (QED) is 0.461. The standard InChI is InChI=1S/C19H28O2/c1-6-8-9-10-11-16(4)13-18(19(20)21)14-17(5)12-15(3)7-2/h6,8-11,13-15,17H,1,7,12H2,2-5H3,(H,20,21)/b9-8+,11-10+,16-13+,18-14-. The van der Waals surface area contributed by atoms with Crippen molar-refractivity contribution in [1.82, 2.24) is 0 Å². The Bertz CT molecular complexity index is 450. The summed E-state index contributed by atoms with van der Waals surface area (Å²) in [7, 11) is 0. The Hall–Kier alpha value is -1.83. The van der Waals surface area contributed by atoms with Crippen molar-refractivity contribution in [3.05, 3.63) is 60.3 Å². The molecule has 0 amide bonds. The fourth-order valence-corrected chi connectivity index (χ4v) is 2.00. The van der Waals surface area contributed by atoms with E-state index in [1.807, 2.05) is 37.3 Å². The maximum Gasteiger partial charge on any atom is 0.335 e. The summed E-state index contributed by atoms with van der Waals surface area (Å²) in [6.07, 6.45) is 14.8. The number of aliphatic carboxylic acids is 1. The fourth-order valence-electron chi connectivity index (χ4n) is 2.00. The summed E-state index contributed by atoms with van der Waals surface area (Å²) < 4.78 is 0. The van der Waals surface area contributed by atoms with Gasteiger partial charge in [0.15, 0.2) is 0 Å². The van der Waals surface area contributed by atoms with Crippen LogP contribution < -0.4 is 0 Å². The summed E-state index contributed by atoms with van der Waals surface area (Å²) in [5, 5.41) is 9.31. The van der Waals surface area contributed by atoms with E-state index in [9.17, 15) is 9.90 Å². The smallest absolute Gasteiger partial charge is 0.335 e. The van der Waals surface area contributed by atoms with E-state index in [1.165, 1.54) is 0 Å². The highest BCUT2D eigenvalue weighted by atomic mass is 16.4. The van der Waals surface area contributed by atoms with Crippen molar-refractivity contribution in [3.8, 4) is 0 Å². The van der Waals surface area contributed by atoms with Gasteiger partial charge in [0.05, 0.1) is 5.57 Å². The third-order valence-corrected chi connectivity index (χ3v) is 3.28. The van der Waals surface area contributed by atoms with Crippen molar-refractivity contribution in [2.45, 2.75) is 40.5 Å². The Balaban J connectivity index is 4.97. The summed E-state index contributed by atoms with van der Waals surface area (Å²) in [6, 6.07) is 0. The number of hydrogen-bond donors (Lipinski definition) is 1. The summed E-state index contributed by atoms with van der Waals surface area (Å²) in [5.74, 6) is 0.000402. The van der Waals surface area contributed by atoms with Crippen LogP contribution in [0.3, 0.4) is 0 Å². The Morgan fingerprint density at radius 2 is 1.90 bits per heavy atom. The zero-order valence-corrected chi connectivity index (χ0v) is 13.7. The first-order chi connectivity index (χ1) is 9.90. The molecule has 0 bridgehead atoms. The molecule has 0 rings (SSSR count). The van der Waals surface area contributed by atoms with E-state index in [2.05, 4.69) is 27.4 Å². The third kappa shape index (κ3) is 9.67. The minimum atomic E-state index is -0.875. The molecule has 0 saturated heterocycles. The highest BCUT2D eigenvalue weighted by Gasteiger charge is 2.09. The summed E-state index contributed by atoms with van der Waals surface area (Å²) in [5.41, 5.74) is 1.27. The lowest BCUT2D eigenvalue weighted by atomic mass is 9.93. The number of allylic oxidation sites excluding steroid dienone is 7. The maximum absolute atomic E-state index is 11.3. The van der Waals surface area contributed by atoms with Gasteiger partial charge in [0.2, 0.25) is 0 Å². The van der Waals surface area contributed by atoms with Gasteiger partial charge in [0, 0.05) is 0 Å². The fraction of sp³-hybridized carbons (Fsp3) is 0.421. The molecule has 21 heavy (non-hydrogen) atoms. The third-order valence-electron chi connectivity index (χ3n) is 3.28. The van der Waals surface area contributed by atoms with Crippen LogP contribution in [0.1, 0.15) is 40.5 Å². The molecule has 0 fully saturated rings. The summed E-state index contributed by atoms with van der Waals surface area (Å²) >= 11 is 0. The topological polar surface area (TPSA) is 37.3 Å². The van der Waals surface area contributed by atoms with Crippen LogP contribution in [0, 0.1) is 11.8 Å². The average molecular weight is 288 g/mol. The molecule has 116 valence electrons. The second kappa shape index (κ2) is 10.9. The normalized spacial score (nSPS) is 16.4. The van der Waals surface area contributed by atoms with Gasteiger partial charge >= 0.3 is 5.97 Å². The number of hydrogen-bond acceptors (Lipinski definition) is 1. The lowest BCUT2D eigenvalue weighted by Gasteiger charge is -2.12. The van der Waals surface area contributed by atoms with Crippen molar-refractivity contribution in [3.63, 3.8) is 0 Å². The van der Waals surface area contributed by atoms with E-state index >= 15 is 0 Å². The number of carbonyl (C=O) groups is 1. The van der Waals surface area contributed by atoms with E-state index in [-0.39, 0.29) is 5.92 Å². The first kappa shape index (κ1) is 19.2. The second-order valence-corrected chi connectivity index (χ2v) is 5.52. The van der Waals surface area contributed by atoms with Gasteiger partial charge in [-0.2, -0.15) is 0 Å². The predicted molar refractivity (Wildman–Crippen MR) is 91.2 cm³/mol. The molecule has 0 aliphatic rings. The lowest BCUT2D eigenvalue weighted by Crippen LogP contribution is -2.04. The van der Waals surface area contributed by atoms with Gasteiger partial charge in [-0.3, -0.25) is 0 Å². The summed E-state index contributed by atoms with van der Waals surface area (Å²) in [6.45, 7) is 11.9. The molecule has 0 aromatic rings. The molecular weight excluding hydrogens is 260 g/mol. The van der Waals surface area contributed by atoms with Gasteiger partial charge in [-0.15, -0.1) is 0 Å². The minimum Gasteiger partial charge on any atom is -0.478 e. The largest absolute Gasteiger partial charge is 0.478 e. The average Bonchev–Trinajstić information content (AvgIpc) is 2.42. The molecule has 0 aromatic carbocycles. The maximum atomic E-state index is 11.3. The second-order valence-electron chi connectivity index (χ2n) is 5.52. The molecule has 0 heterocycles. The number of carboxylic acid groups (broad SMARTS) is 1. The van der Waals surface area contributed by atoms with Gasteiger partial charge in [-0.05, 0) is 31.3 Å². The first-order valence-electron chi connectivity index (χ1n) is 7.49. The van der Waals surface area contributed by atoms with Crippen LogP contribution in [0.25, 0.3) is 0 Å². The predicted octanol–water partition coefficient (Wildman–Crippen LogP) is 5.31. The molecular formula is C19H28O2. The molecule has 0 aliphatic heterocycles. The highest BCUT2D eigenvalue weighted by Crippen LogP contribution is 2.18. The monoisotopic (exact) mass is 288 g/mol. The first-order valence-corrected chi connectivity index (χ1v) is 7.49. The van der Waals surface area contributed by atoms with Crippen LogP contribution in [0.15, 0.2) is 60.3 Å². The molecule has 2 atom stereocenters. The zero-order chi connectivity index (χ0) is 16.3. The van der Waals surface area contributed by atoms with E-state index in [0.717, 1.165) is 18.4 Å². The molecule has 0 spiro atoms. The molecule has 1 N–H and O–H groups in total. The molecule has 0 radical (unpaired) electrons. The molecule has 2 nitrogen and oxygen atoms in total. The number of rotatable bonds is 9. The van der Waals surface area contributed by atoms with Gasteiger partial charge in [0.25, 0.3) is 0 Å². The lowest BCUT2D eigenvalue weighted by molar-refractivity contribution is -0.132. The van der Waals surface area contributed by atoms with E-state index in [1.54, 1.807) is 12.2 Å². The van der Waals surface area contributed by atoms with E-state index in [0.29, 0.717) is 11.5 Å². The van der Waals surface area contributed by atoms with E-state index < -0.39 is 5.97 Å². The van der Waals surface area contributed by atoms with Gasteiger partial charge in [-0.25, -0.2) is 4.79 Å². The Kier molecular flexibility index (Phi) is 9.95. The van der Waals surface area contributed by atoms with Crippen LogP contribution in [0.4, 0.5) is 0 Å². The number of carboxylic acids is 1. The minimum absolute atomic E-state index is 0.264. The van der Waals surface area contributed by atoms with Crippen LogP contribution in [0.2, 0.25) is 0 Å². The van der Waals surface area contributed by atoms with Gasteiger partial charge in [-0.1, -0.05) is 75.8 Å². The van der Waals surface area contributed by atoms with Crippen LogP contribution in [0.5, 0.6) is 0 Å². The van der Waals surface area contributed by atoms with Crippen LogP contribution >= 0.6 is 0 Å². The van der Waals surface area contributed by atoms with Gasteiger partial charge in [0.1, 0.15) is 0 Å². The zero-order valence-electron chi connectivity index (χ0n) is 13.7. The van der Waals surface area contributed by atoms with Crippen molar-refractivity contribution in [2.75, 3.05) is 0 Å². The molecule has 2 unspecified atom stereocenters. The van der Waals surface area contributed by atoms with Gasteiger partial charge < -0.3 is 5.11 Å². The van der Waals surface area contributed by atoms with E-state index in [4.69, 9.17) is 0 Å². The van der Waals surface area contributed by atoms with Crippen LogP contribution in [-0.4, -0.2) is 11.1 Å². The SMILES string of the molecule is C=C/C=C/C=C/C(C)=C/C(=C/C(C)CC(C)CC)C(=O)O. The van der Waals surface area contributed by atoms with Crippen molar-refractivity contribution >= 4 is 5.97 Å². The molecule has 0 aliphatic carbocycles. The Labute approximate surface area is 129 Å². The molecule has 0 aromatic heterocycles. The van der Waals surface area contributed by atoms with Crippen molar-refractivity contribution < 1.29 is 9.90 Å². The summed E-state index contributed by atoms with van der Waals surface area (Å²) in [4.78, 5) is 11.3. The molecule has 0 saturated carbocycles. The van der Waals surface area contributed by atoms with Crippen LogP contribution in [-0.2, 0) is 4.79 Å².